The Morgan fingerprint density at radius 2 is 2.21 bits per heavy atom. The minimum absolute atomic E-state index is 0.265. The standard InChI is InChI=1S/C11H21N3/c1-10-5-7-13-14(10)8-4-6-11(2,3)9-12/h5,7H,4,6,8-9,12H2,1-3H3. The maximum atomic E-state index is 5.67. The minimum Gasteiger partial charge on any atom is -0.330 e. The zero-order valence-electron chi connectivity index (χ0n) is 9.45. The SMILES string of the molecule is Cc1ccnn1CCCC(C)(C)CN. The first-order valence-corrected chi connectivity index (χ1v) is 5.24. The summed E-state index contributed by atoms with van der Waals surface area (Å²) < 4.78 is 2.05. The smallest absolute Gasteiger partial charge is 0.0492 e. The third-order valence-electron chi connectivity index (χ3n) is 2.70. The summed E-state index contributed by atoms with van der Waals surface area (Å²) in [6.45, 7) is 8.26. The molecule has 1 aromatic heterocycles. The van der Waals surface area contributed by atoms with Gasteiger partial charge in [-0.3, -0.25) is 4.68 Å². The molecule has 0 unspecified atom stereocenters. The van der Waals surface area contributed by atoms with Crippen LogP contribution in [0.25, 0.3) is 0 Å². The average molecular weight is 195 g/mol. The van der Waals surface area contributed by atoms with Gasteiger partial charge in [-0.1, -0.05) is 13.8 Å². The van der Waals surface area contributed by atoms with E-state index in [1.165, 1.54) is 5.69 Å². The van der Waals surface area contributed by atoms with E-state index in [1.54, 1.807) is 0 Å². The first kappa shape index (κ1) is 11.2. The molecule has 3 heteroatoms. The van der Waals surface area contributed by atoms with Crippen molar-refractivity contribution in [2.24, 2.45) is 11.1 Å². The van der Waals surface area contributed by atoms with Gasteiger partial charge in [0.25, 0.3) is 0 Å². The van der Waals surface area contributed by atoms with E-state index in [1.807, 2.05) is 16.9 Å². The number of hydrogen-bond donors (Lipinski definition) is 1. The van der Waals surface area contributed by atoms with E-state index >= 15 is 0 Å². The number of hydrogen-bond acceptors (Lipinski definition) is 2. The van der Waals surface area contributed by atoms with Gasteiger partial charge in [-0.2, -0.15) is 5.10 Å². The van der Waals surface area contributed by atoms with E-state index in [4.69, 9.17) is 5.73 Å². The fourth-order valence-electron chi connectivity index (χ4n) is 1.44. The van der Waals surface area contributed by atoms with E-state index in [-0.39, 0.29) is 5.41 Å². The summed E-state index contributed by atoms with van der Waals surface area (Å²) in [4.78, 5) is 0. The maximum Gasteiger partial charge on any atom is 0.0492 e. The fraction of sp³-hybridized carbons (Fsp3) is 0.727. The number of rotatable bonds is 5. The predicted molar refractivity (Wildman–Crippen MR) is 59.0 cm³/mol. The predicted octanol–water partition coefficient (Wildman–Crippen LogP) is 1.96. The third-order valence-corrected chi connectivity index (χ3v) is 2.70. The fourth-order valence-corrected chi connectivity index (χ4v) is 1.44. The second-order valence-corrected chi connectivity index (χ2v) is 4.67. The lowest BCUT2D eigenvalue weighted by molar-refractivity contribution is 0.323. The van der Waals surface area contributed by atoms with Crippen molar-refractivity contribution >= 4 is 0 Å². The molecule has 14 heavy (non-hydrogen) atoms. The average Bonchev–Trinajstić information content (AvgIpc) is 2.52. The van der Waals surface area contributed by atoms with Crippen LogP contribution in [0.15, 0.2) is 12.3 Å². The van der Waals surface area contributed by atoms with Gasteiger partial charge >= 0.3 is 0 Å². The highest BCUT2D eigenvalue weighted by Gasteiger charge is 2.14. The molecule has 2 N–H and O–H groups in total. The molecule has 1 heterocycles. The molecule has 0 aliphatic heterocycles. The molecule has 0 fully saturated rings. The maximum absolute atomic E-state index is 5.67. The summed E-state index contributed by atoms with van der Waals surface area (Å²) in [5.74, 6) is 0. The van der Waals surface area contributed by atoms with Crippen molar-refractivity contribution in [1.82, 2.24) is 9.78 Å². The molecular formula is C11H21N3. The van der Waals surface area contributed by atoms with Gasteiger partial charge in [0.05, 0.1) is 0 Å². The molecule has 0 spiro atoms. The third kappa shape index (κ3) is 3.14. The summed E-state index contributed by atoms with van der Waals surface area (Å²) >= 11 is 0. The summed E-state index contributed by atoms with van der Waals surface area (Å²) in [5, 5.41) is 4.25. The highest BCUT2D eigenvalue weighted by atomic mass is 15.3. The van der Waals surface area contributed by atoms with Crippen LogP contribution in [-0.4, -0.2) is 16.3 Å². The summed E-state index contributed by atoms with van der Waals surface area (Å²) in [6.07, 6.45) is 4.15. The van der Waals surface area contributed by atoms with Crippen LogP contribution in [0.5, 0.6) is 0 Å². The quantitative estimate of drug-likeness (QED) is 0.780. The first-order valence-electron chi connectivity index (χ1n) is 5.24. The van der Waals surface area contributed by atoms with Crippen LogP contribution in [0.4, 0.5) is 0 Å². The molecule has 0 aliphatic carbocycles. The van der Waals surface area contributed by atoms with Gasteiger partial charge < -0.3 is 5.73 Å². The van der Waals surface area contributed by atoms with Gasteiger partial charge in [-0.15, -0.1) is 0 Å². The van der Waals surface area contributed by atoms with Crippen molar-refractivity contribution in [3.63, 3.8) is 0 Å². The Balaban J connectivity index is 2.32. The van der Waals surface area contributed by atoms with Crippen LogP contribution >= 0.6 is 0 Å². The second kappa shape index (κ2) is 4.60. The number of nitrogens with two attached hydrogens (primary N) is 1. The van der Waals surface area contributed by atoms with E-state index in [9.17, 15) is 0 Å². The van der Waals surface area contributed by atoms with E-state index in [0.717, 1.165) is 25.9 Å². The Morgan fingerprint density at radius 1 is 1.50 bits per heavy atom. The van der Waals surface area contributed by atoms with Crippen LogP contribution in [0.1, 0.15) is 32.4 Å². The number of aryl methyl sites for hydroxylation is 2. The van der Waals surface area contributed by atoms with Crippen LogP contribution in [-0.2, 0) is 6.54 Å². The van der Waals surface area contributed by atoms with Crippen molar-refractivity contribution in [3.8, 4) is 0 Å². The molecule has 0 saturated carbocycles. The lowest BCUT2D eigenvalue weighted by Crippen LogP contribution is -2.23. The molecule has 0 radical (unpaired) electrons. The van der Waals surface area contributed by atoms with Gasteiger partial charge in [-0.05, 0) is 37.8 Å². The monoisotopic (exact) mass is 195 g/mol. The van der Waals surface area contributed by atoms with Crippen molar-refractivity contribution in [3.05, 3.63) is 18.0 Å². The zero-order chi connectivity index (χ0) is 10.6. The highest BCUT2D eigenvalue weighted by Crippen LogP contribution is 2.20. The van der Waals surface area contributed by atoms with E-state index in [2.05, 4.69) is 25.9 Å². The van der Waals surface area contributed by atoms with Crippen molar-refractivity contribution < 1.29 is 0 Å². The van der Waals surface area contributed by atoms with Crippen LogP contribution < -0.4 is 5.73 Å². The highest BCUT2D eigenvalue weighted by molar-refractivity contribution is 4.96. The number of aromatic nitrogens is 2. The Bertz CT molecular complexity index is 276. The molecule has 0 saturated heterocycles. The van der Waals surface area contributed by atoms with Gasteiger partial charge in [0, 0.05) is 18.4 Å². The molecule has 0 aliphatic rings. The lowest BCUT2D eigenvalue weighted by Gasteiger charge is -2.21. The second-order valence-electron chi connectivity index (χ2n) is 4.67. The molecule has 3 nitrogen and oxygen atoms in total. The van der Waals surface area contributed by atoms with Crippen molar-refractivity contribution in [1.29, 1.82) is 0 Å². The van der Waals surface area contributed by atoms with Crippen LogP contribution in [0.3, 0.4) is 0 Å². The topological polar surface area (TPSA) is 43.8 Å². The summed E-state index contributed by atoms with van der Waals surface area (Å²) in [7, 11) is 0. The molecule has 0 amide bonds. The Kier molecular flexibility index (Phi) is 3.69. The van der Waals surface area contributed by atoms with Crippen LogP contribution in [0.2, 0.25) is 0 Å². The largest absolute Gasteiger partial charge is 0.330 e. The van der Waals surface area contributed by atoms with E-state index in [0.29, 0.717) is 0 Å². The first-order chi connectivity index (χ1) is 6.55. The van der Waals surface area contributed by atoms with Gasteiger partial charge in [-0.25, -0.2) is 0 Å². The molecule has 1 rings (SSSR count). The van der Waals surface area contributed by atoms with Crippen molar-refractivity contribution in [2.45, 2.75) is 40.2 Å². The normalized spacial score (nSPS) is 12.0. The lowest BCUT2D eigenvalue weighted by atomic mass is 9.88. The zero-order valence-corrected chi connectivity index (χ0v) is 9.45. The molecule has 0 bridgehead atoms. The van der Waals surface area contributed by atoms with Crippen LogP contribution in [0, 0.1) is 12.3 Å². The Hall–Kier alpha value is -0.830. The minimum atomic E-state index is 0.265. The molecule has 1 aromatic rings. The van der Waals surface area contributed by atoms with Crippen molar-refractivity contribution in [2.75, 3.05) is 6.54 Å². The molecular weight excluding hydrogens is 174 g/mol. The summed E-state index contributed by atoms with van der Waals surface area (Å²) in [5.41, 5.74) is 7.17. The van der Waals surface area contributed by atoms with Gasteiger partial charge in [0.2, 0.25) is 0 Å². The molecule has 80 valence electrons. The molecule has 0 atom stereocenters. The van der Waals surface area contributed by atoms with Gasteiger partial charge in [0.15, 0.2) is 0 Å². The summed E-state index contributed by atoms with van der Waals surface area (Å²) in [6, 6.07) is 2.04. The van der Waals surface area contributed by atoms with Gasteiger partial charge in [0.1, 0.15) is 0 Å². The number of nitrogens with zero attached hydrogens (tertiary/aromatic N) is 2. The Morgan fingerprint density at radius 3 is 2.71 bits per heavy atom. The molecule has 0 aromatic carbocycles. The Labute approximate surface area is 86.3 Å². The van der Waals surface area contributed by atoms with E-state index < -0.39 is 0 Å².